The standard InChI is InChI=1S/C13H17N3OS/c1-10(7-9-18)6-8-16-13(17)11-4-2-3-5-12(11)14-15-16/h2-5,10,18H,6-9H2,1H3. The molecule has 0 fully saturated rings. The number of thiol groups is 1. The Morgan fingerprint density at radius 2 is 2.11 bits per heavy atom. The zero-order valence-corrected chi connectivity index (χ0v) is 11.3. The minimum atomic E-state index is -0.0568. The molecule has 0 bridgehead atoms. The number of nitrogens with zero attached hydrogens (tertiary/aromatic N) is 3. The van der Waals surface area contributed by atoms with Gasteiger partial charge in [-0.1, -0.05) is 24.3 Å². The second-order valence-corrected chi connectivity index (χ2v) is 4.99. The third kappa shape index (κ3) is 2.90. The second kappa shape index (κ2) is 6.00. The van der Waals surface area contributed by atoms with Gasteiger partial charge in [0, 0.05) is 6.54 Å². The van der Waals surface area contributed by atoms with Gasteiger partial charge in [-0.2, -0.15) is 12.6 Å². The van der Waals surface area contributed by atoms with Crippen LogP contribution in [0.2, 0.25) is 0 Å². The second-order valence-electron chi connectivity index (χ2n) is 4.54. The van der Waals surface area contributed by atoms with Gasteiger partial charge in [0.1, 0.15) is 5.52 Å². The zero-order valence-electron chi connectivity index (χ0n) is 10.4. The van der Waals surface area contributed by atoms with Crippen molar-refractivity contribution in [3.8, 4) is 0 Å². The summed E-state index contributed by atoms with van der Waals surface area (Å²) in [6, 6.07) is 7.30. The number of rotatable bonds is 5. The summed E-state index contributed by atoms with van der Waals surface area (Å²) in [6.45, 7) is 2.78. The molecule has 1 heterocycles. The summed E-state index contributed by atoms with van der Waals surface area (Å²) in [7, 11) is 0. The summed E-state index contributed by atoms with van der Waals surface area (Å²) >= 11 is 4.21. The maximum Gasteiger partial charge on any atom is 0.277 e. The Bertz CT molecular complexity index is 582. The van der Waals surface area contributed by atoms with Crippen LogP contribution in [0.4, 0.5) is 0 Å². The highest BCUT2D eigenvalue weighted by Crippen LogP contribution is 2.09. The lowest BCUT2D eigenvalue weighted by Crippen LogP contribution is -2.25. The number of aromatic nitrogens is 3. The molecule has 0 saturated carbocycles. The lowest BCUT2D eigenvalue weighted by Gasteiger charge is -2.10. The summed E-state index contributed by atoms with van der Waals surface area (Å²) in [5, 5.41) is 8.67. The number of hydrogen-bond acceptors (Lipinski definition) is 4. The fourth-order valence-electron chi connectivity index (χ4n) is 1.88. The Morgan fingerprint density at radius 3 is 2.89 bits per heavy atom. The highest BCUT2D eigenvalue weighted by atomic mass is 32.1. The fourth-order valence-corrected chi connectivity index (χ4v) is 2.32. The van der Waals surface area contributed by atoms with Gasteiger partial charge < -0.3 is 0 Å². The van der Waals surface area contributed by atoms with Crippen molar-refractivity contribution in [1.29, 1.82) is 0 Å². The first kappa shape index (κ1) is 13.1. The van der Waals surface area contributed by atoms with Crippen molar-refractivity contribution in [1.82, 2.24) is 15.0 Å². The van der Waals surface area contributed by atoms with Gasteiger partial charge in [0.25, 0.3) is 5.56 Å². The van der Waals surface area contributed by atoms with Crippen LogP contribution < -0.4 is 5.56 Å². The van der Waals surface area contributed by atoms with Crippen LogP contribution in [0, 0.1) is 5.92 Å². The average Bonchev–Trinajstić information content (AvgIpc) is 2.39. The molecule has 0 amide bonds. The predicted octanol–water partition coefficient (Wildman–Crippen LogP) is 2.14. The van der Waals surface area contributed by atoms with Crippen LogP contribution in [0.5, 0.6) is 0 Å². The molecule has 1 aromatic carbocycles. The van der Waals surface area contributed by atoms with Crippen molar-refractivity contribution in [3.63, 3.8) is 0 Å². The smallest absolute Gasteiger partial charge is 0.267 e. The van der Waals surface area contributed by atoms with Crippen LogP contribution in [-0.2, 0) is 6.54 Å². The van der Waals surface area contributed by atoms with Crippen LogP contribution in [-0.4, -0.2) is 20.7 Å². The van der Waals surface area contributed by atoms with Crippen molar-refractivity contribution in [3.05, 3.63) is 34.6 Å². The van der Waals surface area contributed by atoms with Gasteiger partial charge in [0.05, 0.1) is 5.39 Å². The third-order valence-corrected chi connectivity index (χ3v) is 3.34. The third-order valence-electron chi connectivity index (χ3n) is 3.08. The molecule has 1 aromatic heterocycles. The average molecular weight is 263 g/mol. The Morgan fingerprint density at radius 1 is 1.33 bits per heavy atom. The van der Waals surface area contributed by atoms with E-state index >= 15 is 0 Å². The van der Waals surface area contributed by atoms with E-state index in [4.69, 9.17) is 0 Å². The minimum absolute atomic E-state index is 0.0568. The Kier molecular flexibility index (Phi) is 4.36. The summed E-state index contributed by atoms with van der Waals surface area (Å²) in [4.78, 5) is 12.1. The van der Waals surface area contributed by atoms with Crippen molar-refractivity contribution < 1.29 is 0 Å². The molecule has 4 nitrogen and oxygen atoms in total. The van der Waals surface area contributed by atoms with E-state index in [1.807, 2.05) is 12.1 Å². The highest BCUT2D eigenvalue weighted by molar-refractivity contribution is 7.80. The quantitative estimate of drug-likeness (QED) is 0.841. The van der Waals surface area contributed by atoms with E-state index in [0.29, 0.717) is 23.4 Å². The SMILES string of the molecule is CC(CCS)CCn1nnc2ccccc2c1=O. The van der Waals surface area contributed by atoms with Crippen LogP contribution in [0.3, 0.4) is 0 Å². The Labute approximate surface area is 111 Å². The Hall–Kier alpha value is -1.36. The molecule has 1 unspecified atom stereocenters. The molecule has 1 atom stereocenters. The molecule has 0 radical (unpaired) electrons. The fraction of sp³-hybridized carbons (Fsp3) is 0.462. The molecule has 0 aliphatic heterocycles. The van der Waals surface area contributed by atoms with Crippen LogP contribution in [0.25, 0.3) is 10.9 Å². The van der Waals surface area contributed by atoms with Gasteiger partial charge in [0.15, 0.2) is 0 Å². The van der Waals surface area contributed by atoms with E-state index in [9.17, 15) is 4.79 Å². The van der Waals surface area contributed by atoms with Gasteiger partial charge in [-0.15, -0.1) is 5.10 Å². The summed E-state index contributed by atoms with van der Waals surface area (Å²) < 4.78 is 1.46. The van der Waals surface area contributed by atoms with E-state index in [1.54, 1.807) is 12.1 Å². The van der Waals surface area contributed by atoms with Crippen molar-refractivity contribution in [2.24, 2.45) is 5.92 Å². The van der Waals surface area contributed by atoms with E-state index in [0.717, 1.165) is 18.6 Å². The first-order valence-electron chi connectivity index (χ1n) is 6.15. The lowest BCUT2D eigenvalue weighted by molar-refractivity contribution is 0.431. The molecule has 0 aliphatic rings. The van der Waals surface area contributed by atoms with E-state index in [-0.39, 0.29) is 5.56 Å². The number of benzene rings is 1. The number of hydrogen-bond donors (Lipinski definition) is 1. The molecule has 0 saturated heterocycles. The highest BCUT2D eigenvalue weighted by Gasteiger charge is 2.06. The van der Waals surface area contributed by atoms with E-state index < -0.39 is 0 Å². The molecule has 5 heteroatoms. The summed E-state index contributed by atoms with van der Waals surface area (Å²) in [6.07, 6.45) is 1.98. The molecule has 2 aromatic rings. The zero-order chi connectivity index (χ0) is 13.0. The van der Waals surface area contributed by atoms with Crippen LogP contribution in [0.15, 0.2) is 29.1 Å². The van der Waals surface area contributed by atoms with Gasteiger partial charge in [-0.3, -0.25) is 4.79 Å². The van der Waals surface area contributed by atoms with Crippen molar-refractivity contribution >= 4 is 23.5 Å². The van der Waals surface area contributed by atoms with Gasteiger partial charge in [-0.05, 0) is 36.6 Å². The molecule has 0 aliphatic carbocycles. The number of fused-ring (bicyclic) bond motifs is 1. The lowest BCUT2D eigenvalue weighted by atomic mass is 10.1. The molecule has 18 heavy (non-hydrogen) atoms. The van der Waals surface area contributed by atoms with Crippen molar-refractivity contribution in [2.45, 2.75) is 26.3 Å². The number of aryl methyl sites for hydroxylation is 1. The van der Waals surface area contributed by atoms with Crippen molar-refractivity contribution in [2.75, 3.05) is 5.75 Å². The molecule has 2 rings (SSSR count). The van der Waals surface area contributed by atoms with Gasteiger partial charge in [0.2, 0.25) is 0 Å². The molecule has 0 N–H and O–H groups in total. The molecular formula is C13H17N3OS. The molecular weight excluding hydrogens is 246 g/mol. The maximum atomic E-state index is 12.1. The summed E-state index contributed by atoms with van der Waals surface area (Å²) in [5.74, 6) is 1.42. The molecule has 96 valence electrons. The molecule has 0 spiro atoms. The van der Waals surface area contributed by atoms with E-state index in [2.05, 4.69) is 29.9 Å². The first-order valence-corrected chi connectivity index (χ1v) is 6.79. The monoisotopic (exact) mass is 263 g/mol. The van der Waals surface area contributed by atoms with E-state index in [1.165, 1.54) is 4.68 Å². The topological polar surface area (TPSA) is 47.8 Å². The first-order chi connectivity index (χ1) is 8.72. The normalized spacial score (nSPS) is 12.8. The Balaban J connectivity index is 2.19. The van der Waals surface area contributed by atoms with Gasteiger partial charge in [-0.25, -0.2) is 4.68 Å². The van der Waals surface area contributed by atoms with Crippen LogP contribution in [0.1, 0.15) is 19.8 Å². The van der Waals surface area contributed by atoms with Gasteiger partial charge >= 0.3 is 0 Å². The summed E-state index contributed by atoms with van der Waals surface area (Å²) in [5.41, 5.74) is 0.598. The van der Waals surface area contributed by atoms with Crippen LogP contribution >= 0.6 is 12.6 Å². The minimum Gasteiger partial charge on any atom is -0.267 e. The largest absolute Gasteiger partial charge is 0.277 e. The maximum absolute atomic E-state index is 12.1. The predicted molar refractivity (Wildman–Crippen MR) is 76.0 cm³/mol.